The summed E-state index contributed by atoms with van der Waals surface area (Å²) in [5.74, 6) is 0.692. The summed E-state index contributed by atoms with van der Waals surface area (Å²) in [4.78, 5) is 28.9. The molecule has 0 spiro atoms. The first-order chi connectivity index (χ1) is 14.4. The molecule has 1 aliphatic heterocycles. The Morgan fingerprint density at radius 2 is 1.70 bits per heavy atom. The maximum absolute atomic E-state index is 13.6. The summed E-state index contributed by atoms with van der Waals surface area (Å²) < 4.78 is 5.43. The van der Waals surface area contributed by atoms with Gasteiger partial charge in [-0.3, -0.25) is 9.59 Å². The van der Waals surface area contributed by atoms with Crippen LogP contribution in [0.4, 0.5) is 5.69 Å². The third-order valence-corrected chi connectivity index (χ3v) is 6.54. The number of thioether (sulfide) groups is 1. The highest BCUT2D eigenvalue weighted by Gasteiger charge is 2.41. The van der Waals surface area contributed by atoms with Crippen molar-refractivity contribution >= 4 is 34.8 Å². The molecule has 0 bridgehead atoms. The van der Waals surface area contributed by atoms with E-state index in [0.29, 0.717) is 21.9 Å². The molecule has 3 aromatic rings. The Balaban J connectivity index is 1.82. The van der Waals surface area contributed by atoms with Gasteiger partial charge in [0.1, 0.15) is 5.76 Å². The molecule has 0 saturated carbocycles. The quantitative estimate of drug-likeness (QED) is 0.497. The minimum absolute atomic E-state index is 0.275. The predicted octanol–water partition coefficient (Wildman–Crippen LogP) is 5.73. The Bertz CT molecular complexity index is 1180. The van der Waals surface area contributed by atoms with Gasteiger partial charge < -0.3 is 4.42 Å². The van der Waals surface area contributed by atoms with Crippen LogP contribution in [0.15, 0.2) is 64.1 Å². The fourth-order valence-electron chi connectivity index (χ4n) is 3.71. The number of rotatable bonds is 5. The Kier molecular flexibility index (Phi) is 5.39. The van der Waals surface area contributed by atoms with Gasteiger partial charge in [-0.2, -0.15) is 0 Å². The molecular weight excluding hydrogens is 394 g/mol. The molecule has 0 aliphatic carbocycles. The molecule has 1 aliphatic rings. The lowest BCUT2D eigenvalue weighted by molar-refractivity contribution is -0.119. The molecular formula is C25H23NO3S. The largest absolute Gasteiger partial charge is 0.468 e. The number of amides is 2. The Morgan fingerprint density at radius 1 is 0.900 bits per heavy atom. The van der Waals surface area contributed by atoms with E-state index >= 15 is 0 Å². The summed E-state index contributed by atoms with van der Waals surface area (Å²) in [7, 11) is 0. The average Bonchev–Trinajstić information content (AvgIpc) is 3.30. The highest BCUT2D eigenvalue weighted by atomic mass is 32.2. The van der Waals surface area contributed by atoms with Gasteiger partial charge in [0.15, 0.2) is 0 Å². The summed E-state index contributed by atoms with van der Waals surface area (Å²) >= 11 is 1.35. The van der Waals surface area contributed by atoms with E-state index in [2.05, 4.69) is 0 Å². The normalized spacial score (nSPS) is 14.2. The molecule has 4 nitrogen and oxygen atoms in total. The minimum atomic E-state index is -0.278. The van der Waals surface area contributed by atoms with Crippen molar-refractivity contribution in [1.29, 1.82) is 0 Å². The van der Waals surface area contributed by atoms with E-state index in [1.165, 1.54) is 16.7 Å². The first-order valence-electron chi connectivity index (χ1n) is 9.80. The summed E-state index contributed by atoms with van der Waals surface area (Å²) in [6.45, 7) is 7.91. The van der Waals surface area contributed by atoms with Gasteiger partial charge in [-0.1, -0.05) is 35.9 Å². The molecule has 152 valence electrons. The molecule has 2 aromatic carbocycles. The molecule has 0 saturated heterocycles. The molecule has 30 heavy (non-hydrogen) atoms. The summed E-state index contributed by atoms with van der Waals surface area (Å²) in [5, 5.41) is 0. The number of aryl methyl sites for hydroxylation is 3. The number of benzene rings is 2. The number of imide groups is 1. The van der Waals surface area contributed by atoms with Gasteiger partial charge in [0, 0.05) is 0 Å². The summed E-state index contributed by atoms with van der Waals surface area (Å²) in [5.41, 5.74) is 5.97. The molecule has 2 amide bonds. The average molecular weight is 418 g/mol. The van der Waals surface area contributed by atoms with Crippen molar-refractivity contribution < 1.29 is 14.0 Å². The number of anilines is 1. The Hall–Kier alpha value is -3.05. The number of carbonyl (C=O) groups is 2. The van der Waals surface area contributed by atoms with Gasteiger partial charge in [-0.15, -0.1) is 11.8 Å². The van der Waals surface area contributed by atoms with Crippen molar-refractivity contribution in [2.24, 2.45) is 0 Å². The van der Waals surface area contributed by atoms with Crippen molar-refractivity contribution in [1.82, 2.24) is 0 Å². The van der Waals surface area contributed by atoms with Gasteiger partial charge in [0.2, 0.25) is 0 Å². The zero-order valence-electron chi connectivity index (χ0n) is 17.5. The predicted molar refractivity (Wildman–Crippen MR) is 121 cm³/mol. The van der Waals surface area contributed by atoms with Crippen LogP contribution in [0.5, 0.6) is 0 Å². The maximum Gasteiger partial charge on any atom is 0.272 e. The zero-order valence-corrected chi connectivity index (χ0v) is 18.3. The van der Waals surface area contributed by atoms with Gasteiger partial charge >= 0.3 is 0 Å². The lowest BCUT2D eigenvalue weighted by atomic mass is 9.98. The van der Waals surface area contributed by atoms with Crippen molar-refractivity contribution in [3.8, 4) is 0 Å². The SMILES string of the molecule is Cc1ccc(C2=C(SCc3ccco3)C(=O)N(c3cccc(C)c3C)C2=O)c(C)c1. The van der Waals surface area contributed by atoms with Gasteiger partial charge in [-0.25, -0.2) is 4.90 Å². The third-order valence-electron chi connectivity index (χ3n) is 5.45. The molecule has 0 fully saturated rings. The van der Waals surface area contributed by atoms with Gasteiger partial charge in [-0.05, 0) is 68.1 Å². The van der Waals surface area contributed by atoms with Crippen LogP contribution in [0.25, 0.3) is 5.57 Å². The second-order valence-corrected chi connectivity index (χ2v) is 8.54. The van der Waals surface area contributed by atoms with E-state index < -0.39 is 0 Å². The zero-order chi connectivity index (χ0) is 21.4. The van der Waals surface area contributed by atoms with E-state index in [0.717, 1.165) is 33.6 Å². The van der Waals surface area contributed by atoms with Crippen molar-refractivity contribution in [3.63, 3.8) is 0 Å². The Morgan fingerprint density at radius 3 is 2.40 bits per heavy atom. The van der Waals surface area contributed by atoms with Crippen molar-refractivity contribution in [3.05, 3.63) is 93.3 Å². The van der Waals surface area contributed by atoms with Crippen LogP contribution in [-0.4, -0.2) is 11.8 Å². The summed E-state index contributed by atoms with van der Waals surface area (Å²) in [6, 6.07) is 15.3. The topological polar surface area (TPSA) is 50.5 Å². The number of hydrogen-bond acceptors (Lipinski definition) is 4. The van der Waals surface area contributed by atoms with E-state index in [1.54, 1.807) is 6.26 Å². The third kappa shape index (κ3) is 3.50. The second-order valence-electron chi connectivity index (χ2n) is 7.56. The smallest absolute Gasteiger partial charge is 0.272 e. The molecule has 0 radical (unpaired) electrons. The van der Waals surface area contributed by atoms with Crippen LogP contribution in [0.3, 0.4) is 0 Å². The van der Waals surface area contributed by atoms with Crippen LogP contribution < -0.4 is 4.90 Å². The first-order valence-corrected chi connectivity index (χ1v) is 10.8. The van der Waals surface area contributed by atoms with Crippen LogP contribution in [0.1, 0.15) is 33.6 Å². The van der Waals surface area contributed by atoms with Crippen molar-refractivity contribution in [2.75, 3.05) is 4.90 Å². The lowest BCUT2D eigenvalue weighted by Gasteiger charge is -2.19. The molecule has 5 heteroatoms. The van der Waals surface area contributed by atoms with Gasteiger partial charge in [0.05, 0.1) is 28.2 Å². The van der Waals surface area contributed by atoms with E-state index in [-0.39, 0.29) is 11.8 Å². The number of nitrogens with zero attached hydrogens (tertiary/aromatic N) is 1. The first kappa shape index (κ1) is 20.2. The van der Waals surface area contributed by atoms with Crippen molar-refractivity contribution in [2.45, 2.75) is 33.4 Å². The lowest BCUT2D eigenvalue weighted by Crippen LogP contribution is -2.32. The second kappa shape index (κ2) is 8.00. The fourth-order valence-corrected chi connectivity index (χ4v) is 4.72. The minimum Gasteiger partial charge on any atom is -0.468 e. The fraction of sp³-hybridized carbons (Fsp3) is 0.200. The highest BCUT2D eigenvalue weighted by Crippen LogP contribution is 2.41. The van der Waals surface area contributed by atoms with E-state index in [1.807, 2.05) is 76.2 Å². The van der Waals surface area contributed by atoms with Crippen LogP contribution in [-0.2, 0) is 15.3 Å². The van der Waals surface area contributed by atoms with Crippen LogP contribution in [0, 0.1) is 27.7 Å². The Labute approximate surface area is 180 Å². The molecule has 0 unspecified atom stereocenters. The van der Waals surface area contributed by atoms with E-state index in [9.17, 15) is 9.59 Å². The molecule has 4 rings (SSSR count). The van der Waals surface area contributed by atoms with Crippen LogP contribution >= 0.6 is 11.8 Å². The number of hydrogen-bond donors (Lipinski definition) is 0. The number of carbonyl (C=O) groups excluding carboxylic acids is 2. The highest BCUT2D eigenvalue weighted by molar-refractivity contribution is 8.03. The standard InChI is InChI=1S/C25H23NO3S/c1-15-10-11-20(17(3)13-15)22-23(30-14-19-8-6-12-29-19)25(28)26(24(22)27)21-9-5-7-16(2)18(21)4/h5-13H,14H2,1-4H3. The monoisotopic (exact) mass is 417 g/mol. The maximum atomic E-state index is 13.6. The molecule has 0 atom stereocenters. The summed E-state index contributed by atoms with van der Waals surface area (Å²) in [6.07, 6.45) is 1.61. The van der Waals surface area contributed by atoms with Gasteiger partial charge in [0.25, 0.3) is 11.8 Å². The molecule has 1 aromatic heterocycles. The van der Waals surface area contributed by atoms with E-state index in [4.69, 9.17) is 4.42 Å². The number of furan rings is 1. The molecule has 2 heterocycles. The van der Waals surface area contributed by atoms with Crippen LogP contribution in [0.2, 0.25) is 0 Å². The molecule has 0 N–H and O–H groups in total.